The van der Waals surface area contributed by atoms with Crippen LogP contribution in [0, 0.1) is 0 Å². The average molecular weight is 1010 g/mol. The first kappa shape index (κ1) is 69.0. The van der Waals surface area contributed by atoms with E-state index in [2.05, 4.69) is 31.3 Å². The third-order valence-electron chi connectivity index (χ3n) is 14.2. The quantitative estimate of drug-likeness (QED) is 0.0272. The van der Waals surface area contributed by atoms with Gasteiger partial charge in [-0.15, -0.1) is 0 Å². The van der Waals surface area contributed by atoms with Gasteiger partial charge in [-0.25, -0.2) is 0 Å². The van der Waals surface area contributed by atoms with Crippen LogP contribution in [-0.2, 0) is 18.4 Å². The Morgan fingerprint density at radius 1 is 0.486 bits per heavy atom. The van der Waals surface area contributed by atoms with Gasteiger partial charge in [0.05, 0.1) is 39.9 Å². The number of phosphoric acid groups is 1. The zero-order chi connectivity index (χ0) is 51.3. The highest BCUT2D eigenvalue weighted by Gasteiger charge is 2.23. The van der Waals surface area contributed by atoms with Gasteiger partial charge in [0.15, 0.2) is 0 Å². The van der Waals surface area contributed by atoms with E-state index in [0.29, 0.717) is 17.4 Å². The van der Waals surface area contributed by atoms with Gasteiger partial charge in [-0.05, 0) is 44.9 Å². The lowest BCUT2D eigenvalue weighted by atomic mass is 10.0. The van der Waals surface area contributed by atoms with Crippen molar-refractivity contribution in [3.63, 3.8) is 0 Å². The van der Waals surface area contributed by atoms with Crippen molar-refractivity contribution < 1.29 is 32.9 Å². The smallest absolute Gasteiger partial charge is 0.268 e. The zero-order valence-electron chi connectivity index (χ0n) is 47.5. The highest BCUT2D eigenvalue weighted by Crippen LogP contribution is 2.38. The molecule has 416 valence electrons. The van der Waals surface area contributed by atoms with Gasteiger partial charge in [-0.1, -0.05) is 282 Å². The van der Waals surface area contributed by atoms with Crippen LogP contribution >= 0.6 is 7.82 Å². The van der Waals surface area contributed by atoms with Crippen molar-refractivity contribution in [3.05, 3.63) is 24.3 Å². The summed E-state index contributed by atoms with van der Waals surface area (Å²) in [5.41, 5.74) is 0. The van der Waals surface area contributed by atoms with Gasteiger partial charge in [-0.2, -0.15) is 0 Å². The minimum atomic E-state index is -4.60. The Labute approximate surface area is 436 Å². The molecule has 0 radical (unpaired) electrons. The molecular weight excluding hydrogens is 888 g/mol. The van der Waals surface area contributed by atoms with E-state index in [4.69, 9.17) is 9.05 Å². The molecule has 0 fully saturated rings. The Balaban J connectivity index is 4.16. The van der Waals surface area contributed by atoms with Crippen molar-refractivity contribution in [1.29, 1.82) is 0 Å². The predicted molar refractivity (Wildman–Crippen MR) is 302 cm³/mol. The molecule has 0 aliphatic heterocycles. The summed E-state index contributed by atoms with van der Waals surface area (Å²) in [5.74, 6) is -0.193. The molecule has 0 saturated heterocycles. The van der Waals surface area contributed by atoms with Crippen LogP contribution in [0.4, 0.5) is 0 Å². The van der Waals surface area contributed by atoms with Crippen LogP contribution in [0.5, 0.6) is 0 Å². The average Bonchev–Trinajstić information content (AvgIpc) is 3.32. The topological polar surface area (TPSA) is 108 Å². The van der Waals surface area contributed by atoms with Crippen molar-refractivity contribution in [1.82, 2.24) is 5.32 Å². The lowest BCUT2D eigenvalue weighted by Gasteiger charge is -2.29. The second-order valence-electron chi connectivity index (χ2n) is 22.4. The van der Waals surface area contributed by atoms with Crippen LogP contribution in [0.3, 0.4) is 0 Å². The first-order valence-electron chi connectivity index (χ1n) is 30.7. The highest BCUT2D eigenvalue weighted by atomic mass is 31.2. The maximum atomic E-state index is 13.0. The van der Waals surface area contributed by atoms with Gasteiger partial charge in [0.1, 0.15) is 13.2 Å². The van der Waals surface area contributed by atoms with Crippen LogP contribution in [0.25, 0.3) is 0 Å². The second-order valence-corrected chi connectivity index (χ2v) is 23.8. The first-order chi connectivity index (χ1) is 34.0. The number of nitrogens with one attached hydrogen (secondary N) is 1. The normalized spacial score (nSPS) is 14.0. The molecule has 3 atom stereocenters. The minimum Gasteiger partial charge on any atom is -0.756 e. The molecular formula is C61H121N2O6P. The largest absolute Gasteiger partial charge is 0.756 e. The maximum absolute atomic E-state index is 13.0. The van der Waals surface area contributed by atoms with Crippen molar-refractivity contribution in [3.8, 4) is 0 Å². The van der Waals surface area contributed by atoms with Crippen LogP contribution in [0.15, 0.2) is 24.3 Å². The summed E-state index contributed by atoms with van der Waals surface area (Å²) in [7, 11) is 1.27. The Kier molecular flexibility index (Phi) is 52.1. The highest BCUT2D eigenvalue weighted by molar-refractivity contribution is 7.45. The van der Waals surface area contributed by atoms with E-state index in [1.165, 1.54) is 250 Å². The van der Waals surface area contributed by atoms with Crippen molar-refractivity contribution in [2.24, 2.45) is 0 Å². The summed E-state index contributed by atoms with van der Waals surface area (Å²) in [4.78, 5) is 25.5. The van der Waals surface area contributed by atoms with Gasteiger partial charge in [0.25, 0.3) is 7.82 Å². The fraction of sp³-hybridized carbons (Fsp3) is 0.918. The number of hydrogen-bond donors (Lipinski definition) is 2. The van der Waals surface area contributed by atoms with E-state index in [-0.39, 0.29) is 19.1 Å². The molecule has 0 aromatic rings. The number of quaternary nitrogens is 1. The number of carbonyl (C=O) groups is 1. The fourth-order valence-corrected chi connectivity index (χ4v) is 10.1. The van der Waals surface area contributed by atoms with Crippen molar-refractivity contribution in [2.75, 3.05) is 40.9 Å². The number of nitrogens with zero attached hydrogens (tertiary/aromatic N) is 1. The Morgan fingerprint density at radius 2 is 0.786 bits per heavy atom. The first-order valence-corrected chi connectivity index (χ1v) is 32.2. The Morgan fingerprint density at radius 3 is 1.11 bits per heavy atom. The van der Waals surface area contributed by atoms with Crippen LogP contribution in [-0.4, -0.2) is 68.5 Å². The standard InChI is InChI=1S/C61H121N2O6P/c1-6-8-10-12-14-16-18-20-22-24-26-28-30-31-33-34-36-38-40-42-44-46-48-50-52-54-60(64)59(58-69-70(66,67)68-57-56-63(3,4)5)62-61(65)55-53-51-49-47-45-43-41-39-37-35-32-29-27-25-23-21-19-17-15-13-11-9-7-2/h25,27,52,54,59-60,64H,6-24,26,28-51,53,55-58H2,1-5H3,(H-,62,65,66,67)/b27-25-,54-52+. The SMILES string of the molecule is CCCCCCCCCC/C=C\CCCCCCCCCCCCCC(=O)NC(COP(=O)([O-])OCC[N+](C)(C)C)C(O)/C=C/CCCCCCCCCCCCCCCCCCCCCCCCC. The third-order valence-corrected chi connectivity index (χ3v) is 15.1. The molecule has 1 amide bonds. The summed E-state index contributed by atoms with van der Waals surface area (Å²) < 4.78 is 23.4. The number of rotatable bonds is 57. The number of likely N-dealkylation sites (N-methyl/N-ethyl adjacent to an activating group) is 1. The number of allylic oxidation sites excluding steroid dienone is 3. The van der Waals surface area contributed by atoms with Crippen LogP contribution in [0.2, 0.25) is 0 Å². The minimum absolute atomic E-state index is 0.000860. The van der Waals surface area contributed by atoms with E-state index < -0.39 is 20.0 Å². The van der Waals surface area contributed by atoms with Gasteiger partial charge >= 0.3 is 0 Å². The molecule has 0 spiro atoms. The second kappa shape index (κ2) is 52.8. The third kappa shape index (κ3) is 54.7. The monoisotopic (exact) mass is 1010 g/mol. The molecule has 0 rings (SSSR count). The molecule has 0 aliphatic rings. The summed E-state index contributed by atoms with van der Waals surface area (Å²) in [6.45, 7) is 4.70. The van der Waals surface area contributed by atoms with E-state index >= 15 is 0 Å². The molecule has 3 unspecified atom stereocenters. The number of hydrogen-bond acceptors (Lipinski definition) is 6. The molecule has 0 bridgehead atoms. The molecule has 0 aromatic heterocycles. The van der Waals surface area contributed by atoms with E-state index in [1.807, 2.05) is 27.2 Å². The van der Waals surface area contributed by atoms with Crippen molar-refractivity contribution >= 4 is 13.7 Å². The number of aliphatic hydroxyl groups excluding tert-OH is 1. The summed E-state index contributed by atoms with van der Waals surface area (Å²) in [6.07, 6.45) is 66.9. The molecule has 0 saturated carbocycles. The van der Waals surface area contributed by atoms with Gasteiger partial charge in [0, 0.05) is 6.42 Å². The molecule has 0 aromatic carbocycles. The van der Waals surface area contributed by atoms with Crippen LogP contribution < -0.4 is 10.2 Å². The molecule has 9 heteroatoms. The number of carbonyl (C=O) groups excluding carboxylic acids is 1. The van der Waals surface area contributed by atoms with E-state index in [1.54, 1.807) is 6.08 Å². The predicted octanol–water partition coefficient (Wildman–Crippen LogP) is 18.1. The number of amides is 1. The maximum Gasteiger partial charge on any atom is 0.268 e. The molecule has 8 nitrogen and oxygen atoms in total. The van der Waals surface area contributed by atoms with Gasteiger partial charge < -0.3 is 28.8 Å². The van der Waals surface area contributed by atoms with Gasteiger partial charge in [0.2, 0.25) is 5.91 Å². The zero-order valence-corrected chi connectivity index (χ0v) is 48.4. The van der Waals surface area contributed by atoms with Crippen LogP contribution in [0.1, 0.15) is 309 Å². The lowest BCUT2D eigenvalue weighted by molar-refractivity contribution is -0.870. The van der Waals surface area contributed by atoms with E-state index in [9.17, 15) is 19.4 Å². The van der Waals surface area contributed by atoms with E-state index in [0.717, 1.165) is 38.5 Å². The summed E-state index contributed by atoms with van der Waals surface area (Å²) in [6, 6.07) is -0.886. The summed E-state index contributed by atoms with van der Waals surface area (Å²) in [5, 5.41) is 13.9. The number of unbranched alkanes of at least 4 members (excludes halogenated alkanes) is 42. The number of phosphoric ester groups is 1. The molecule has 70 heavy (non-hydrogen) atoms. The molecule has 2 N–H and O–H groups in total. The Bertz CT molecular complexity index is 1190. The molecule has 0 aliphatic carbocycles. The Hall–Kier alpha value is -1.02. The number of aliphatic hydroxyl groups is 1. The van der Waals surface area contributed by atoms with Gasteiger partial charge in [-0.3, -0.25) is 9.36 Å². The molecule has 0 heterocycles. The fourth-order valence-electron chi connectivity index (χ4n) is 9.33. The lowest BCUT2D eigenvalue weighted by Crippen LogP contribution is -2.45. The summed E-state index contributed by atoms with van der Waals surface area (Å²) >= 11 is 0. The van der Waals surface area contributed by atoms with Crippen molar-refractivity contribution in [2.45, 2.75) is 321 Å².